The standard InChI is InChI=1S/C16H28N4O2S2/c1-19-9-5-16(6-10-19)4-3-8-20(13-15-17-7-11-23-15)14(16)12-18-24(2,21)22/h7,11,14,18H,3-6,8-10,12-13H2,1-2H3. The highest BCUT2D eigenvalue weighted by molar-refractivity contribution is 7.88. The highest BCUT2D eigenvalue weighted by Crippen LogP contribution is 2.44. The summed E-state index contributed by atoms with van der Waals surface area (Å²) in [5.41, 5.74) is 0.222. The smallest absolute Gasteiger partial charge is 0.208 e. The summed E-state index contributed by atoms with van der Waals surface area (Å²) in [7, 11) is -1.00. The summed E-state index contributed by atoms with van der Waals surface area (Å²) in [6.45, 7) is 4.55. The summed E-state index contributed by atoms with van der Waals surface area (Å²) >= 11 is 1.68. The molecule has 1 N–H and O–H groups in total. The molecular weight excluding hydrogens is 344 g/mol. The van der Waals surface area contributed by atoms with E-state index in [4.69, 9.17) is 0 Å². The Labute approximate surface area is 149 Å². The van der Waals surface area contributed by atoms with Crippen molar-refractivity contribution in [3.8, 4) is 0 Å². The first-order valence-corrected chi connectivity index (χ1v) is 11.4. The Morgan fingerprint density at radius 1 is 1.33 bits per heavy atom. The molecule has 0 amide bonds. The lowest BCUT2D eigenvalue weighted by atomic mass is 9.67. The van der Waals surface area contributed by atoms with Gasteiger partial charge in [-0.15, -0.1) is 11.3 Å². The number of hydrogen-bond donors (Lipinski definition) is 1. The normalized spacial score (nSPS) is 26.0. The summed E-state index contributed by atoms with van der Waals surface area (Å²) in [4.78, 5) is 9.27. The topological polar surface area (TPSA) is 65.5 Å². The molecule has 0 radical (unpaired) electrons. The zero-order chi connectivity index (χ0) is 17.2. The molecule has 3 rings (SSSR count). The van der Waals surface area contributed by atoms with Crippen molar-refractivity contribution < 1.29 is 8.42 Å². The van der Waals surface area contributed by atoms with Crippen LogP contribution in [-0.4, -0.2) is 68.7 Å². The van der Waals surface area contributed by atoms with Gasteiger partial charge in [-0.3, -0.25) is 4.90 Å². The lowest BCUT2D eigenvalue weighted by Crippen LogP contribution is -2.59. The quantitative estimate of drug-likeness (QED) is 0.846. The Kier molecular flexibility index (Phi) is 5.61. The Bertz CT molecular complexity index is 625. The molecule has 0 aromatic carbocycles. The first-order chi connectivity index (χ1) is 11.4. The molecule has 2 fully saturated rings. The molecule has 2 aliphatic rings. The van der Waals surface area contributed by atoms with Gasteiger partial charge >= 0.3 is 0 Å². The summed E-state index contributed by atoms with van der Waals surface area (Å²) in [5, 5.41) is 3.12. The maximum atomic E-state index is 11.7. The van der Waals surface area contributed by atoms with Crippen molar-refractivity contribution in [1.82, 2.24) is 19.5 Å². The molecule has 3 heterocycles. The van der Waals surface area contributed by atoms with Crippen molar-refractivity contribution in [3.05, 3.63) is 16.6 Å². The van der Waals surface area contributed by atoms with E-state index >= 15 is 0 Å². The monoisotopic (exact) mass is 372 g/mol. The molecule has 0 bridgehead atoms. The largest absolute Gasteiger partial charge is 0.306 e. The Morgan fingerprint density at radius 3 is 2.71 bits per heavy atom. The molecule has 24 heavy (non-hydrogen) atoms. The lowest BCUT2D eigenvalue weighted by Gasteiger charge is -2.53. The average molecular weight is 373 g/mol. The van der Waals surface area contributed by atoms with Gasteiger partial charge in [0.1, 0.15) is 5.01 Å². The van der Waals surface area contributed by atoms with E-state index in [2.05, 4.69) is 26.6 Å². The fraction of sp³-hybridized carbons (Fsp3) is 0.812. The summed E-state index contributed by atoms with van der Waals surface area (Å²) < 4.78 is 26.1. The maximum absolute atomic E-state index is 11.7. The molecule has 2 saturated heterocycles. The zero-order valence-electron chi connectivity index (χ0n) is 14.6. The van der Waals surface area contributed by atoms with Crippen molar-refractivity contribution in [2.75, 3.05) is 39.5 Å². The van der Waals surface area contributed by atoms with Gasteiger partial charge < -0.3 is 4.90 Å². The minimum atomic E-state index is -3.18. The summed E-state index contributed by atoms with van der Waals surface area (Å²) in [6.07, 6.45) is 7.78. The van der Waals surface area contributed by atoms with Crippen molar-refractivity contribution in [2.24, 2.45) is 5.41 Å². The van der Waals surface area contributed by atoms with E-state index in [-0.39, 0.29) is 11.5 Å². The summed E-state index contributed by atoms with van der Waals surface area (Å²) in [6, 6.07) is 0.249. The number of nitrogens with zero attached hydrogens (tertiary/aromatic N) is 3. The van der Waals surface area contributed by atoms with Crippen molar-refractivity contribution in [1.29, 1.82) is 0 Å². The lowest BCUT2D eigenvalue weighted by molar-refractivity contribution is -0.0293. The van der Waals surface area contributed by atoms with E-state index in [1.165, 1.54) is 19.1 Å². The fourth-order valence-electron chi connectivity index (χ4n) is 4.26. The van der Waals surface area contributed by atoms with Crippen molar-refractivity contribution in [2.45, 2.75) is 38.3 Å². The second-order valence-corrected chi connectivity index (χ2v) is 10.1. The number of rotatable bonds is 5. The van der Waals surface area contributed by atoms with Gasteiger partial charge in [-0.25, -0.2) is 18.1 Å². The molecular formula is C16H28N4O2S2. The van der Waals surface area contributed by atoms with E-state index < -0.39 is 10.0 Å². The molecule has 0 aliphatic carbocycles. The van der Waals surface area contributed by atoms with E-state index in [9.17, 15) is 8.42 Å². The number of aromatic nitrogens is 1. The molecule has 1 spiro atoms. The Hall–Kier alpha value is -0.540. The molecule has 136 valence electrons. The number of sulfonamides is 1. The minimum absolute atomic E-state index is 0.222. The van der Waals surface area contributed by atoms with Crippen molar-refractivity contribution >= 4 is 21.4 Å². The Balaban J connectivity index is 1.80. The third kappa shape index (κ3) is 4.35. The molecule has 1 aromatic heterocycles. The second-order valence-electron chi connectivity index (χ2n) is 7.30. The summed E-state index contributed by atoms with van der Waals surface area (Å²) in [5.74, 6) is 0. The molecule has 6 nitrogen and oxygen atoms in total. The minimum Gasteiger partial charge on any atom is -0.306 e. The molecule has 2 aliphatic heterocycles. The van der Waals surface area contributed by atoms with Gasteiger partial charge in [0.25, 0.3) is 0 Å². The van der Waals surface area contributed by atoms with Crippen LogP contribution in [-0.2, 0) is 16.6 Å². The van der Waals surface area contributed by atoms with E-state index in [0.717, 1.165) is 44.0 Å². The number of nitrogens with one attached hydrogen (secondary N) is 1. The van der Waals surface area contributed by atoms with Crippen LogP contribution in [0.15, 0.2) is 11.6 Å². The van der Waals surface area contributed by atoms with Crippen LogP contribution in [0.5, 0.6) is 0 Å². The first-order valence-electron chi connectivity index (χ1n) is 8.64. The molecule has 1 unspecified atom stereocenters. The SMILES string of the molecule is CN1CCC2(CCCN(Cc3nccs3)C2CNS(C)(=O)=O)CC1. The van der Waals surface area contributed by atoms with Crippen LogP contribution in [0.2, 0.25) is 0 Å². The molecule has 0 saturated carbocycles. The number of likely N-dealkylation sites (tertiary alicyclic amines) is 2. The van der Waals surface area contributed by atoms with E-state index in [1.54, 1.807) is 11.3 Å². The third-order valence-electron chi connectivity index (χ3n) is 5.61. The van der Waals surface area contributed by atoms with Crippen molar-refractivity contribution in [3.63, 3.8) is 0 Å². The third-order valence-corrected chi connectivity index (χ3v) is 7.07. The number of piperidine rings is 2. The fourth-order valence-corrected chi connectivity index (χ4v) is 5.36. The highest BCUT2D eigenvalue weighted by atomic mass is 32.2. The van der Waals surface area contributed by atoms with Gasteiger partial charge in [0.15, 0.2) is 0 Å². The number of thiazole rings is 1. The van der Waals surface area contributed by atoms with Crippen LogP contribution in [0.1, 0.15) is 30.7 Å². The number of hydrogen-bond acceptors (Lipinski definition) is 6. The van der Waals surface area contributed by atoms with Gasteiger partial charge in [-0.1, -0.05) is 0 Å². The van der Waals surface area contributed by atoms with Crippen LogP contribution < -0.4 is 4.72 Å². The van der Waals surface area contributed by atoms with E-state index in [1.807, 2.05) is 11.6 Å². The van der Waals surface area contributed by atoms with Crippen LogP contribution in [0.4, 0.5) is 0 Å². The second kappa shape index (κ2) is 7.37. The maximum Gasteiger partial charge on any atom is 0.208 e. The Morgan fingerprint density at radius 2 is 2.08 bits per heavy atom. The van der Waals surface area contributed by atoms with Gasteiger partial charge in [0, 0.05) is 24.2 Å². The van der Waals surface area contributed by atoms with E-state index in [0.29, 0.717) is 6.54 Å². The molecule has 1 atom stereocenters. The van der Waals surface area contributed by atoms with Gasteiger partial charge in [-0.05, 0) is 57.8 Å². The van der Waals surface area contributed by atoms with Gasteiger partial charge in [0.2, 0.25) is 10.0 Å². The van der Waals surface area contributed by atoms with Crippen LogP contribution in [0.3, 0.4) is 0 Å². The first kappa shape index (κ1) is 18.3. The average Bonchev–Trinajstić information content (AvgIpc) is 3.02. The molecule has 8 heteroatoms. The van der Waals surface area contributed by atoms with Gasteiger partial charge in [0.05, 0.1) is 12.8 Å². The highest BCUT2D eigenvalue weighted by Gasteiger charge is 2.45. The molecule has 1 aromatic rings. The van der Waals surface area contributed by atoms with Crippen LogP contribution in [0, 0.1) is 5.41 Å². The van der Waals surface area contributed by atoms with Crippen LogP contribution >= 0.6 is 11.3 Å². The predicted octanol–water partition coefficient (Wildman–Crippen LogP) is 1.37. The zero-order valence-corrected chi connectivity index (χ0v) is 16.2. The van der Waals surface area contributed by atoms with Crippen LogP contribution in [0.25, 0.3) is 0 Å². The predicted molar refractivity (Wildman–Crippen MR) is 97.6 cm³/mol. The van der Waals surface area contributed by atoms with Gasteiger partial charge in [-0.2, -0.15) is 0 Å².